The van der Waals surface area contributed by atoms with Gasteiger partial charge in [-0.3, -0.25) is 4.79 Å². The highest BCUT2D eigenvalue weighted by atomic mass is 16.5. The predicted molar refractivity (Wildman–Crippen MR) is 99.1 cm³/mol. The Morgan fingerprint density at radius 3 is 2.27 bits per heavy atom. The van der Waals surface area contributed by atoms with Crippen LogP contribution in [0.1, 0.15) is 29.7 Å². The lowest BCUT2D eigenvalue weighted by Gasteiger charge is -2.31. The fourth-order valence-corrected chi connectivity index (χ4v) is 3.25. The number of hydrogen-bond acceptors (Lipinski definition) is 4. The molecule has 0 spiro atoms. The molecule has 2 N–H and O–H groups in total. The fourth-order valence-electron chi connectivity index (χ4n) is 3.25. The molecule has 3 rings (SSSR count). The van der Waals surface area contributed by atoms with Crippen LogP contribution in [-0.2, 0) is 4.79 Å². The Hall–Kier alpha value is -2.83. The Labute approximate surface area is 152 Å². The maximum atomic E-state index is 12.5. The second kappa shape index (κ2) is 7.59. The molecule has 2 aromatic rings. The van der Waals surface area contributed by atoms with Crippen LogP contribution < -0.4 is 10.6 Å². The zero-order valence-corrected chi connectivity index (χ0v) is 15.3. The minimum atomic E-state index is -0.128. The van der Waals surface area contributed by atoms with Gasteiger partial charge in [-0.25, -0.2) is 4.79 Å². The summed E-state index contributed by atoms with van der Waals surface area (Å²) in [5.41, 5.74) is 3.02. The zero-order valence-electron chi connectivity index (χ0n) is 15.3. The van der Waals surface area contributed by atoms with Crippen molar-refractivity contribution in [2.45, 2.75) is 33.6 Å². The van der Waals surface area contributed by atoms with E-state index >= 15 is 0 Å². The van der Waals surface area contributed by atoms with E-state index in [1.165, 1.54) is 0 Å². The quantitative estimate of drug-likeness (QED) is 0.881. The third-order valence-electron chi connectivity index (χ3n) is 4.51. The molecule has 1 saturated heterocycles. The van der Waals surface area contributed by atoms with Crippen molar-refractivity contribution in [2.24, 2.45) is 5.92 Å². The maximum absolute atomic E-state index is 12.5. The molecule has 0 atom stereocenters. The molecule has 138 valence electrons. The van der Waals surface area contributed by atoms with Gasteiger partial charge in [0.05, 0.1) is 0 Å². The number of benzene rings is 1. The Balaban J connectivity index is 1.51. The summed E-state index contributed by atoms with van der Waals surface area (Å²) in [6.07, 6.45) is 1.26. The normalized spacial score (nSPS) is 15.0. The van der Waals surface area contributed by atoms with Crippen molar-refractivity contribution in [3.8, 4) is 0 Å². The minimum Gasteiger partial charge on any atom is -0.360 e. The van der Waals surface area contributed by atoms with E-state index in [-0.39, 0.29) is 17.9 Å². The Bertz CT molecular complexity index is 787. The number of anilines is 2. The van der Waals surface area contributed by atoms with E-state index in [1.54, 1.807) is 17.9 Å². The van der Waals surface area contributed by atoms with Crippen LogP contribution in [0, 0.1) is 26.7 Å². The zero-order chi connectivity index (χ0) is 18.7. The molecule has 26 heavy (non-hydrogen) atoms. The van der Waals surface area contributed by atoms with Crippen LogP contribution >= 0.6 is 0 Å². The molecule has 1 aliphatic heterocycles. The molecule has 0 radical (unpaired) electrons. The summed E-state index contributed by atoms with van der Waals surface area (Å²) in [6, 6.07) is 7.53. The summed E-state index contributed by atoms with van der Waals surface area (Å²) in [7, 11) is 0. The number of carbonyl (C=O) groups is 2. The van der Waals surface area contributed by atoms with Gasteiger partial charge in [0.2, 0.25) is 5.91 Å². The molecule has 0 unspecified atom stereocenters. The van der Waals surface area contributed by atoms with Crippen molar-refractivity contribution in [3.63, 3.8) is 0 Å². The number of hydrogen-bond donors (Lipinski definition) is 2. The average molecular weight is 356 g/mol. The van der Waals surface area contributed by atoms with Gasteiger partial charge >= 0.3 is 6.03 Å². The number of nitrogens with one attached hydrogen (secondary N) is 2. The molecule has 1 aliphatic rings. The van der Waals surface area contributed by atoms with Crippen molar-refractivity contribution >= 4 is 23.4 Å². The fraction of sp³-hybridized carbons (Fsp3) is 0.421. The average Bonchev–Trinajstić information content (AvgIpc) is 2.99. The summed E-state index contributed by atoms with van der Waals surface area (Å²) >= 11 is 0. The topological polar surface area (TPSA) is 87.5 Å². The molecule has 1 aromatic carbocycles. The van der Waals surface area contributed by atoms with Crippen LogP contribution in [0.5, 0.6) is 0 Å². The summed E-state index contributed by atoms with van der Waals surface area (Å²) in [5.74, 6) is 0.880. The van der Waals surface area contributed by atoms with Gasteiger partial charge in [-0.15, -0.1) is 0 Å². The Morgan fingerprint density at radius 2 is 1.69 bits per heavy atom. The van der Waals surface area contributed by atoms with Crippen LogP contribution in [0.4, 0.5) is 16.3 Å². The first-order valence-electron chi connectivity index (χ1n) is 8.79. The van der Waals surface area contributed by atoms with Crippen LogP contribution in [0.3, 0.4) is 0 Å². The Morgan fingerprint density at radius 1 is 1.04 bits per heavy atom. The molecule has 0 bridgehead atoms. The minimum absolute atomic E-state index is 0.0762. The lowest BCUT2D eigenvalue weighted by atomic mass is 9.96. The monoisotopic (exact) mass is 356 g/mol. The first-order valence-corrected chi connectivity index (χ1v) is 8.79. The molecule has 2 heterocycles. The molecule has 7 heteroatoms. The van der Waals surface area contributed by atoms with Gasteiger partial charge in [-0.2, -0.15) is 0 Å². The number of likely N-dealkylation sites (tertiary alicyclic amines) is 1. The Kier molecular flexibility index (Phi) is 5.25. The lowest BCUT2D eigenvalue weighted by molar-refractivity contribution is -0.121. The largest absolute Gasteiger partial charge is 0.360 e. The summed E-state index contributed by atoms with van der Waals surface area (Å²) < 4.78 is 4.95. The van der Waals surface area contributed by atoms with Gasteiger partial charge in [0.1, 0.15) is 5.76 Å². The number of aromatic nitrogens is 1. The van der Waals surface area contributed by atoms with Gasteiger partial charge in [-0.05, 0) is 56.9 Å². The van der Waals surface area contributed by atoms with E-state index in [0.29, 0.717) is 37.5 Å². The highest BCUT2D eigenvalue weighted by Gasteiger charge is 2.28. The lowest BCUT2D eigenvalue weighted by Crippen LogP contribution is -2.43. The SMILES string of the molecule is Cc1cc(C)cc(NC(=O)N2CCC(C(=O)Nc3cc(C)on3)CC2)c1. The predicted octanol–water partition coefficient (Wildman–Crippen LogP) is 3.48. The van der Waals surface area contributed by atoms with E-state index in [9.17, 15) is 9.59 Å². The highest BCUT2D eigenvalue weighted by Crippen LogP contribution is 2.21. The van der Waals surface area contributed by atoms with E-state index in [2.05, 4.69) is 21.9 Å². The number of urea groups is 1. The van der Waals surface area contributed by atoms with Crippen LogP contribution in [0.25, 0.3) is 0 Å². The molecule has 0 saturated carbocycles. The molecular weight excluding hydrogens is 332 g/mol. The van der Waals surface area contributed by atoms with E-state index in [0.717, 1.165) is 16.8 Å². The molecule has 3 amide bonds. The number of nitrogens with zero attached hydrogens (tertiary/aromatic N) is 2. The van der Waals surface area contributed by atoms with E-state index in [4.69, 9.17) is 4.52 Å². The highest BCUT2D eigenvalue weighted by molar-refractivity contribution is 5.92. The smallest absolute Gasteiger partial charge is 0.321 e. The van der Waals surface area contributed by atoms with Crippen molar-refractivity contribution < 1.29 is 14.1 Å². The number of rotatable bonds is 3. The van der Waals surface area contributed by atoms with Gasteiger partial charge in [-0.1, -0.05) is 11.2 Å². The van der Waals surface area contributed by atoms with E-state index in [1.807, 2.05) is 26.0 Å². The van der Waals surface area contributed by atoms with Gasteiger partial charge in [0, 0.05) is 30.8 Å². The second-order valence-corrected chi connectivity index (χ2v) is 6.88. The first-order chi connectivity index (χ1) is 12.4. The number of piperidine rings is 1. The van der Waals surface area contributed by atoms with Crippen molar-refractivity contribution in [1.29, 1.82) is 0 Å². The second-order valence-electron chi connectivity index (χ2n) is 6.88. The third kappa shape index (κ3) is 4.41. The number of aryl methyl sites for hydroxylation is 3. The number of carbonyl (C=O) groups excluding carboxylic acids is 2. The van der Waals surface area contributed by atoms with Crippen LogP contribution in [0.15, 0.2) is 28.8 Å². The maximum Gasteiger partial charge on any atom is 0.321 e. The van der Waals surface area contributed by atoms with Crippen LogP contribution in [0.2, 0.25) is 0 Å². The van der Waals surface area contributed by atoms with Gasteiger partial charge in [0.25, 0.3) is 0 Å². The molecule has 1 fully saturated rings. The van der Waals surface area contributed by atoms with Crippen LogP contribution in [-0.4, -0.2) is 35.1 Å². The summed E-state index contributed by atoms with van der Waals surface area (Å²) in [5, 5.41) is 9.48. The van der Waals surface area contributed by atoms with Gasteiger partial charge in [0.15, 0.2) is 5.82 Å². The van der Waals surface area contributed by atoms with Crippen molar-refractivity contribution in [3.05, 3.63) is 41.2 Å². The standard InChI is InChI=1S/C19H24N4O3/c1-12-8-13(2)10-16(9-12)20-19(25)23-6-4-15(5-7-23)18(24)21-17-11-14(3)26-22-17/h8-11,15H,4-7H2,1-3H3,(H,20,25)(H,21,22,24). The first kappa shape index (κ1) is 18.0. The van der Waals surface area contributed by atoms with Crippen molar-refractivity contribution in [1.82, 2.24) is 10.1 Å². The van der Waals surface area contributed by atoms with E-state index < -0.39 is 0 Å². The number of amides is 3. The molecular formula is C19H24N4O3. The summed E-state index contributed by atoms with van der Waals surface area (Å²) in [6.45, 7) is 6.88. The molecule has 1 aromatic heterocycles. The van der Waals surface area contributed by atoms with Crippen molar-refractivity contribution in [2.75, 3.05) is 23.7 Å². The molecule has 0 aliphatic carbocycles. The molecule has 7 nitrogen and oxygen atoms in total. The summed E-state index contributed by atoms with van der Waals surface area (Å²) in [4.78, 5) is 26.5. The van der Waals surface area contributed by atoms with Gasteiger partial charge < -0.3 is 20.1 Å². The third-order valence-corrected chi connectivity index (χ3v) is 4.51.